The van der Waals surface area contributed by atoms with Crippen LogP contribution < -0.4 is 0 Å². The van der Waals surface area contributed by atoms with Crippen molar-refractivity contribution in [3.8, 4) is 0 Å². The molecule has 1 aliphatic heterocycles. The van der Waals surface area contributed by atoms with Gasteiger partial charge in [-0.05, 0) is 19.0 Å². The quantitative estimate of drug-likeness (QED) is 0.473. The van der Waals surface area contributed by atoms with Gasteiger partial charge in [0.1, 0.15) is 0 Å². The van der Waals surface area contributed by atoms with Crippen molar-refractivity contribution in [1.82, 2.24) is 0 Å². The van der Waals surface area contributed by atoms with E-state index in [1.54, 1.807) is 0 Å². The Bertz CT molecular complexity index is 172. The van der Waals surface area contributed by atoms with Crippen molar-refractivity contribution in [3.63, 3.8) is 0 Å². The van der Waals surface area contributed by atoms with Crippen molar-refractivity contribution < 1.29 is 0 Å². The summed E-state index contributed by atoms with van der Waals surface area (Å²) in [5, 5.41) is 0. The Morgan fingerprint density at radius 2 is 2.30 bits per heavy atom. The van der Waals surface area contributed by atoms with Gasteiger partial charge in [0, 0.05) is 5.88 Å². The highest BCUT2D eigenvalue weighted by atomic mass is 35.5. The first-order valence-electron chi connectivity index (χ1n) is 3.18. The van der Waals surface area contributed by atoms with Crippen LogP contribution in [-0.2, 0) is 0 Å². The van der Waals surface area contributed by atoms with Gasteiger partial charge in [-0.1, -0.05) is 17.9 Å². The van der Waals surface area contributed by atoms with Gasteiger partial charge in [0.05, 0.1) is 0 Å². The fourth-order valence-electron chi connectivity index (χ4n) is 0.990. The summed E-state index contributed by atoms with van der Waals surface area (Å²) in [5.41, 5.74) is 0. The Morgan fingerprint density at radius 1 is 1.60 bits per heavy atom. The molecule has 0 nitrogen and oxygen atoms in total. The largest absolute Gasteiger partial charge is 0.147 e. The highest BCUT2D eigenvalue weighted by molar-refractivity contribution is 7.75. The van der Waals surface area contributed by atoms with Gasteiger partial charge in [0.25, 0.3) is 0 Å². The van der Waals surface area contributed by atoms with E-state index in [2.05, 4.69) is 24.6 Å². The second kappa shape index (κ2) is 4.49. The summed E-state index contributed by atoms with van der Waals surface area (Å²) < 4.78 is 0. The van der Waals surface area contributed by atoms with Crippen LogP contribution in [0.25, 0.3) is 0 Å². The van der Waals surface area contributed by atoms with Gasteiger partial charge < -0.3 is 0 Å². The van der Waals surface area contributed by atoms with E-state index in [9.17, 15) is 0 Å². The molecule has 1 heterocycles. The third-order valence-electron chi connectivity index (χ3n) is 1.70. The molecule has 10 heavy (non-hydrogen) atoms. The van der Waals surface area contributed by atoms with Gasteiger partial charge >= 0.3 is 0 Å². The van der Waals surface area contributed by atoms with E-state index in [0.717, 1.165) is 5.88 Å². The van der Waals surface area contributed by atoms with Gasteiger partial charge in [-0.2, -0.15) is 0 Å². The van der Waals surface area contributed by atoms with Crippen molar-refractivity contribution in [3.05, 3.63) is 12.2 Å². The topological polar surface area (TPSA) is 0 Å². The maximum atomic E-state index is 5.65. The molecule has 0 aromatic carbocycles. The summed E-state index contributed by atoms with van der Waals surface area (Å²) in [6, 6.07) is 0. The summed E-state index contributed by atoms with van der Waals surface area (Å²) in [6.45, 7) is 1.67. The molecular formula is C7H13Cl2P. The average Bonchev–Trinajstić information content (AvgIpc) is 2.16. The van der Waals surface area contributed by atoms with E-state index in [0.29, 0.717) is 0 Å². The molecule has 1 rings (SSSR count). The molecule has 0 spiro atoms. The Kier molecular flexibility index (Phi) is 4.77. The Balaban J connectivity index is 0.000000810. The molecule has 0 aliphatic carbocycles. The Morgan fingerprint density at radius 3 is 2.70 bits per heavy atom. The van der Waals surface area contributed by atoms with Crippen LogP contribution in [0, 0.1) is 0 Å². The number of hydrogen-bond donors (Lipinski definition) is 0. The van der Waals surface area contributed by atoms with Crippen LogP contribution in [0.15, 0.2) is 12.2 Å². The van der Waals surface area contributed by atoms with Crippen LogP contribution >= 0.6 is 30.9 Å². The standard InChI is InChI=1S/C7H12ClP.ClH/c1-9(7-4-8)5-2-3-6-9;/h2-3,5H,4,6-7H2,1H3;1H. The third kappa shape index (κ3) is 2.70. The van der Waals surface area contributed by atoms with Crippen molar-refractivity contribution in [2.24, 2.45) is 0 Å². The molecule has 0 amide bonds. The second-order valence-corrected chi connectivity index (χ2v) is 7.10. The zero-order valence-corrected chi connectivity index (χ0v) is 8.55. The van der Waals surface area contributed by atoms with Crippen LogP contribution in [0.2, 0.25) is 0 Å². The number of hydrogen-bond acceptors (Lipinski definition) is 0. The van der Waals surface area contributed by atoms with Crippen molar-refractivity contribution >= 4 is 36.7 Å². The fourth-order valence-corrected chi connectivity index (χ4v) is 4.13. The minimum absolute atomic E-state index is 0. The monoisotopic (exact) mass is 198 g/mol. The number of rotatable bonds is 2. The predicted octanol–water partition coefficient (Wildman–Crippen LogP) is 2.67. The number of halogens is 2. The van der Waals surface area contributed by atoms with Crippen LogP contribution in [0.3, 0.4) is 0 Å². The SMILES string of the molecule is CP1(CCCl)=CC=CC1.Cl. The lowest BCUT2D eigenvalue weighted by Gasteiger charge is -2.12. The van der Waals surface area contributed by atoms with E-state index in [-0.39, 0.29) is 12.4 Å². The molecule has 1 unspecified atom stereocenters. The molecule has 0 fully saturated rings. The molecule has 0 saturated heterocycles. The van der Waals surface area contributed by atoms with Crippen LogP contribution in [0.5, 0.6) is 0 Å². The molecule has 1 atom stereocenters. The highest BCUT2D eigenvalue weighted by Crippen LogP contribution is 2.44. The molecule has 0 radical (unpaired) electrons. The van der Waals surface area contributed by atoms with Crippen molar-refractivity contribution in [1.29, 1.82) is 0 Å². The molecule has 3 heteroatoms. The first-order valence-corrected chi connectivity index (χ1v) is 6.39. The normalized spacial score (nSPS) is 29.4. The van der Waals surface area contributed by atoms with Gasteiger partial charge in [-0.25, -0.2) is 0 Å². The maximum absolute atomic E-state index is 5.65. The molecular weight excluding hydrogens is 186 g/mol. The van der Waals surface area contributed by atoms with Crippen LogP contribution in [0.1, 0.15) is 0 Å². The van der Waals surface area contributed by atoms with Gasteiger partial charge in [0.2, 0.25) is 0 Å². The van der Waals surface area contributed by atoms with E-state index in [1.807, 2.05) is 0 Å². The lowest BCUT2D eigenvalue weighted by molar-refractivity contribution is 1.48. The second-order valence-electron chi connectivity index (χ2n) is 2.65. The first-order chi connectivity index (χ1) is 4.27. The Hall–Kier alpha value is 0.620. The van der Waals surface area contributed by atoms with E-state index in [4.69, 9.17) is 11.6 Å². The fraction of sp³-hybridized carbons (Fsp3) is 0.571. The minimum Gasteiger partial charge on any atom is -0.147 e. The van der Waals surface area contributed by atoms with Gasteiger partial charge in [-0.3, -0.25) is 0 Å². The van der Waals surface area contributed by atoms with Crippen LogP contribution in [0.4, 0.5) is 0 Å². The van der Waals surface area contributed by atoms with Crippen molar-refractivity contribution in [2.75, 3.05) is 24.9 Å². The molecule has 0 N–H and O–H groups in total. The summed E-state index contributed by atoms with van der Waals surface area (Å²) in [5.74, 6) is 3.18. The summed E-state index contributed by atoms with van der Waals surface area (Å²) >= 11 is 5.65. The van der Waals surface area contributed by atoms with E-state index in [1.165, 1.54) is 12.3 Å². The summed E-state index contributed by atoms with van der Waals surface area (Å²) in [6.07, 6.45) is 6.92. The van der Waals surface area contributed by atoms with E-state index >= 15 is 0 Å². The summed E-state index contributed by atoms with van der Waals surface area (Å²) in [4.78, 5) is 0. The maximum Gasteiger partial charge on any atom is 0.0262 e. The van der Waals surface area contributed by atoms with Gasteiger partial charge in [0.15, 0.2) is 0 Å². The smallest absolute Gasteiger partial charge is 0.0262 e. The molecule has 1 aliphatic rings. The highest BCUT2D eigenvalue weighted by Gasteiger charge is 2.09. The number of alkyl halides is 1. The van der Waals surface area contributed by atoms with Crippen LogP contribution in [-0.4, -0.2) is 30.7 Å². The zero-order chi connectivity index (χ0) is 6.74. The third-order valence-corrected chi connectivity index (χ3v) is 5.33. The minimum atomic E-state index is -0.688. The molecule has 0 aromatic rings. The van der Waals surface area contributed by atoms with Gasteiger partial charge in [-0.15, -0.1) is 30.9 Å². The summed E-state index contributed by atoms with van der Waals surface area (Å²) in [7, 11) is 0. The Labute approximate surface area is 74.0 Å². The van der Waals surface area contributed by atoms with E-state index < -0.39 is 6.89 Å². The number of allylic oxidation sites excluding steroid dienone is 2. The lowest BCUT2D eigenvalue weighted by Crippen LogP contribution is -1.91. The molecule has 0 saturated carbocycles. The lowest BCUT2D eigenvalue weighted by atomic mass is 10.6. The molecule has 60 valence electrons. The average molecular weight is 199 g/mol. The molecule has 0 aromatic heterocycles. The first kappa shape index (κ1) is 10.6. The predicted molar refractivity (Wildman–Crippen MR) is 55.8 cm³/mol. The molecule has 0 bridgehead atoms. The van der Waals surface area contributed by atoms with Crippen molar-refractivity contribution in [2.45, 2.75) is 0 Å². The zero-order valence-electron chi connectivity index (χ0n) is 6.09.